The highest BCUT2D eigenvalue weighted by atomic mass is 31.2. The SMILES string of the molecule is COP(=O)(O)C(O)[C@H](O)[C@H](O)CO. The number of rotatable bonds is 5. The predicted molar refractivity (Wildman–Crippen MR) is 41.9 cm³/mol. The number of aliphatic hydroxyl groups is 4. The third-order valence-electron chi connectivity index (χ3n) is 1.48. The van der Waals surface area contributed by atoms with Crippen LogP contribution in [0.4, 0.5) is 0 Å². The van der Waals surface area contributed by atoms with E-state index < -0.39 is 32.3 Å². The molecular weight excluding hydrogens is 203 g/mol. The van der Waals surface area contributed by atoms with E-state index in [1.165, 1.54) is 0 Å². The second-order valence-electron chi connectivity index (χ2n) is 2.40. The standard InChI is InChI=1S/C5H13O7P/c1-12-13(10,11)5(9)4(8)3(7)2-6/h3-9H,2H2,1H3,(H,10,11)/t3-,4-,5?/m1/s1. The van der Waals surface area contributed by atoms with E-state index in [1.807, 2.05) is 0 Å². The molecule has 8 heteroatoms. The second kappa shape index (κ2) is 5.02. The highest BCUT2D eigenvalue weighted by molar-refractivity contribution is 7.53. The fourth-order valence-corrected chi connectivity index (χ4v) is 1.41. The molecule has 0 bridgehead atoms. The van der Waals surface area contributed by atoms with Gasteiger partial charge in [0, 0.05) is 7.11 Å². The average Bonchev–Trinajstić information content (AvgIpc) is 2.14. The van der Waals surface area contributed by atoms with E-state index >= 15 is 0 Å². The Labute approximate surface area is 74.7 Å². The van der Waals surface area contributed by atoms with Gasteiger partial charge in [0.2, 0.25) is 0 Å². The fourth-order valence-electron chi connectivity index (χ4n) is 0.608. The number of aliphatic hydroxyl groups excluding tert-OH is 4. The summed E-state index contributed by atoms with van der Waals surface area (Å²) in [6.07, 6.45) is -3.62. The van der Waals surface area contributed by atoms with Gasteiger partial charge in [0.25, 0.3) is 0 Å². The maximum absolute atomic E-state index is 10.9. The van der Waals surface area contributed by atoms with Crippen molar-refractivity contribution in [3.63, 3.8) is 0 Å². The minimum Gasteiger partial charge on any atom is -0.394 e. The van der Waals surface area contributed by atoms with Crippen molar-refractivity contribution in [3.05, 3.63) is 0 Å². The largest absolute Gasteiger partial charge is 0.394 e. The molecule has 5 N–H and O–H groups in total. The van der Waals surface area contributed by atoms with E-state index in [0.29, 0.717) is 0 Å². The van der Waals surface area contributed by atoms with Gasteiger partial charge in [-0.3, -0.25) is 4.57 Å². The van der Waals surface area contributed by atoms with Gasteiger partial charge < -0.3 is 29.8 Å². The van der Waals surface area contributed by atoms with Crippen LogP contribution in [0.3, 0.4) is 0 Å². The summed E-state index contributed by atoms with van der Waals surface area (Å²) < 4.78 is 14.9. The van der Waals surface area contributed by atoms with Crippen LogP contribution in [-0.2, 0) is 9.09 Å². The fraction of sp³-hybridized carbons (Fsp3) is 1.00. The van der Waals surface area contributed by atoms with Gasteiger partial charge >= 0.3 is 7.60 Å². The minimum absolute atomic E-state index is 0.831. The van der Waals surface area contributed by atoms with Crippen molar-refractivity contribution >= 4 is 7.60 Å². The van der Waals surface area contributed by atoms with E-state index in [2.05, 4.69) is 4.52 Å². The maximum Gasteiger partial charge on any atom is 0.358 e. The molecule has 0 saturated heterocycles. The summed E-state index contributed by atoms with van der Waals surface area (Å²) in [4.78, 5) is 8.84. The van der Waals surface area contributed by atoms with Crippen LogP contribution in [0.2, 0.25) is 0 Å². The molecular formula is C5H13O7P. The van der Waals surface area contributed by atoms with Crippen molar-refractivity contribution in [1.82, 2.24) is 0 Å². The summed E-state index contributed by atoms with van der Waals surface area (Å²) in [5.74, 6) is -2.14. The van der Waals surface area contributed by atoms with Gasteiger partial charge in [0.1, 0.15) is 12.2 Å². The van der Waals surface area contributed by atoms with Crippen molar-refractivity contribution in [2.45, 2.75) is 18.1 Å². The smallest absolute Gasteiger partial charge is 0.358 e. The molecule has 0 spiro atoms. The van der Waals surface area contributed by atoms with E-state index in [1.54, 1.807) is 0 Å². The lowest BCUT2D eigenvalue weighted by Gasteiger charge is -2.23. The number of hydrogen-bond acceptors (Lipinski definition) is 6. The van der Waals surface area contributed by atoms with E-state index in [4.69, 9.17) is 25.3 Å². The lowest BCUT2D eigenvalue weighted by atomic mass is 10.2. The van der Waals surface area contributed by atoms with Crippen LogP contribution in [0.1, 0.15) is 0 Å². The first-order valence-corrected chi connectivity index (χ1v) is 5.04. The molecule has 0 radical (unpaired) electrons. The van der Waals surface area contributed by atoms with Gasteiger partial charge in [-0.2, -0.15) is 0 Å². The Morgan fingerprint density at radius 2 is 1.85 bits per heavy atom. The van der Waals surface area contributed by atoms with Crippen LogP contribution in [0.25, 0.3) is 0 Å². The monoisotopic (exact) mass is 216 g/mol. The van der Waals surface area contributed by atoms with Crippen molar-refractivity contribution in [3.8, 4) is 0 Å². The van der Waals surface area contributed by atoms with Gasteiger partial charge in [-0.15, -0.1) is 0 Å². The molecule has 0 heterocycles. The van der Waals surface area contributed by atoms with E-state index in [-0.39, 0.29) is 0 Å². The van der Waals surface area contributed by atoms with Gasteiger partial charge in [0.05, 0.1) is 6.61 Å². The van der Waals surface area contributed by atoms with Crippen LogP contribution in [-0.4, -0.2) is 57.1 Å². The molecule has 0 saturated carbocycles. The molecule has 2 unspecified atom stereocenters. The molecule has 80 valence electrons. The van der Waals surface area contributed by atoms with Crippen molar-refractivity contribution < 1.29 is 34.4 Å². The summed E-state index contributed by atoms with van der Waals surface area (Å²) in [6, 6.07) is 0. The first-order valence-electron chi connectivity index (χ1n) is 3.40. The third-order valence-corrected chi connectivity index (χ3v) is 2.98. The maximum atomic E-state index is 10.9. The lowest BCUT2D eigenvalue weighted by molar-refractivity contribution is -0.0580. The Bertz CT molecular complexity index is 195. The van der Waals surface area contributed by atoms with Crippen LogP contribution in [0.15, 0.2) is 0 Å². The summed E-state index contributed by atoms with van der Waals surface area (Å²) in [6.45, 7) is -0.831. The topological polar surface area (TPSA) is 127 Å². The quantitative estimate of drug-likeness (QED) is 0.331. The van der Waals surface area contributed by atoms with Gasteiger partial charge in [-0.25, -0.2) is 0 Å². The highest BCUT2D eigenvalue weighted by Gasteiger charge is 2.38. The molecule has 7 nitrogen and oxygen atoms in total. The summed E-state index contributed by atoms with van der Waals surface area (Å²) in [5, 5.41) is 35.1. The Morgan fingerprint density at radius 1 is 1.38 bits per heavy atom. The van der Waals surface area contributed by atoms with Crippen LogP contribution in [0.5, 0.6) is 0 Å². The first kappa shape index (κ1) is 13.0. The van der Waals surface area contributed by atoms with Crippen LogP contribution < -0.4 is 0 Å². The molecule has 13 heavy (non-hydrogen) atoms. The Balaban J connectivity index is 4.41. The summed E-state index contributed by atoms with van der Waals surface area (Å²) in [7, 11) is -3.48. The summed E-state index contributed by atoms with van der Waals surface area (Å²) >= 11 is 0. The molecule has 0 aliphatic carbocycles. The second-order valence-corrected chi connectivity index (χ2v) is 4.42. The van der Waals surface area contributed by atoms with Crippen LogP contribution in [0, 0.1) is 0 Å². The zero-order valence-corrected chi connectivity index (χ0v) is 7.83. The molecule has 0 amide bonds. The Kier molecular flexibility index (Phi) is 5.01. The molecule has 0 aromatic heterocycles. The number of hydrogen-bond donors (Lipinski definition) is 5. The van der Waals surface area contributed by atoms with Crippen molar-refractivity contribution in [1.29, 1.82) is 0 Å². The van der Waals surface area contributed by atoms with Crippen molar-refractivity contribution in [2.24, 2.45) is 0 Å². The first-order chi connectivity index (χ1) is 5.86. The normalized spacial score (nSPS) is 23.2. The molecule has 0 fully saturated rings. The zero-order chi connectivity index (χ0) is 10.6. The van der Waals surface area contributed by atoms with E-state index in [0.717, 1.165) is 7.11 Å². The molecule has 0 aliphatic heterocycles. The van der Waals surface area contributed by atoms with Gasteiger partial charge in [-0.1, -0.05) is 0 Å². The molecule has 0 aromatic carbocycles. The van der Waals surface area contributed by atoms with Crippen LogP contribution >= 0.6 is 7.60 Å². The zero-order valence-electron chi connectivity index (χ0n) is 6.94. The molecule has 4 atom stereocenters. The van der Waals surface area contributed by atoms with Gasteiger partial charge in [-0.05, 0) is 0 Å². The van der Waals surface area contributed by atoms with E-state index in [9.17, 15) is 4.57 Å². The Morgan fingerprint density at radius 3 is 2.15 bits per heavy atom. The van der Waals surface area contributed by atoms with Gasteiger partial charge in [0.15, 0.2) is 5.85 Å². The average molecular weight is 216 g/mol. The Hall–Kier alpha value is -0.0100. The summed E-state index contributed by atoms with van der Waals surface area (Å²) in [5.41, 5.74) is 0. The minimum atomic E-state index is -4.35. The predicted octanol–water partition coefficient (Wildman–Crippen LogP) is -2.15. The molecule has 0 aliphatic rings. The third kappa shape index (κ3) is 3.32. The lowest BCUT2D eigenvalue weighted by Crippen LogP contribution is -2.39. The molecule has 0 aromatic rings. The molecule has 0 rings (SSSR count). The van der Waals surface area contributed by atoms with Crippen molar-refractivity contribution in [2.75, 3.05) is 13.7 Å². The highest BCUT2D eigenvalue weighted by Crippen LogP contribution is 2.46.